The van der Waals surface area contributed by atoms with Crippen LogP contribution in [0.4, 0.5) is 0 Å². The van der Waals surface area contributed by atoms with Crippen molar-refractivity contribution in [1.82, 2.24) is 4.57 Å². The first-order valence-corrected chi connectivity index (χ1v) is 15.5. The van der Waals surface area contributed by atoms with Crippen molar-refractivity contribution in [2.75, 3.05) is 0 Å². The van der Waals surface area contributed by atoms with Crippen molar-refractivity contribution >= 4 is 50.6 Å². The summed E-state index contributed by atoms with van der Waals surface area (Å²) in [5.41, 5.74) is 4.94. The largest absolute Gasteiger partial charge is 0.309 e. The Kier molecular flexibility index (Phi) is 5.76. The minimum Gasteiger partial charge on any atom is -0.309 e. The first-order valence-electron chi connectivity index (χ1n) is 13.5. The van der Waals surface area contributed by atoms with Crippen molar-refractivity contribution < 1.29 is 0 Å². The van der Waals surface area contributed by atoms with E-state index in [2.05, 4.69) is 169 Å². The molecule has 0 saturated heterocycles. The lowest BCUT2D eigenvalue weighted by atomic mass is 10.1. The lowest BCUT2D eigenvalue weighted by Gasteiger charge is -2.34. The monoisotopic (exact) mass is 515 g/mol. The highest BCUT2D eigenvalue weighted by atomic mass is 28.3. The summed E-state index contributed by atoms with van der Waals surface area (Å²) in [4.78, 5) is 0. The van der Waals surface area contributed by atoms with Gasteiger partial charge in [0.25, 0.3) is 0 Å². The summed E-state index contributed by atoms with van der Waals surface area (Å²) >= 11 is 0. The predicted molar refractivity (Wildman–Crippen MR) is 169 cm³/mol. The smallest absolute Gasteiger partial charge is 0.179 e. The van der Waals surface area contributed by atoms with Gasteiger partial charge in [0.05, 0.1) is 11.0 Å². The lowest BCUT2D eigenvalue weighted by molar-refractivity contribution is 1.18. The van der Waals surface area contributed by atoms with E-state index in [-0.39, 0.29) is 0 Å². The van der Waals surface area contributed by atoms with Crippen LogP contribution in [0, 0.1) is 6.92 Å². The minimum atomic E-state index is -2.60. The van der Waals surface area contributed by atoms with E-state index >= 15 is 0 Å². The predicted octanol–water partition coefficient (Wildman–Crippen LogP) is 6.47. The summed E-state index contributed by atoms with van der Waals surface area (Å²) in [6.07, 6.45) is 0. The zero-order chi connectivity index (χ0) is 26.2. The SMILES string of the molecule is Cc1ccc2c(c1)c1cc([Si](c3ccccc3)(c3ccccc3)c3ccccc3)ccc1n2-c1ccccc1. The number of aromatic nitrogens is 1. The van der Waals surface area contributed by atoms with Crippen molar-refractivity contribution in [2.24, 2.45) is 0 Å². The van der Waals surface area contributed by atoms with Gasteiger partial charge in [0, 0.05) is 16.5 Å². The Labute approximate surface area is 230 Å². The molecule has 0 unspecified atom stereocenters. The summed E-state index contributed by atoms with van der Waals surface area (Å²) in [5, 5.41) is 8.17. The van der Waals surface area contributed by atoms with Crippen LogP contribution in [0.25, 0.3) is 27.5 Å². The van der Waals surface area contributed by atoms with Crippen LogP contribution in [0.2, 0.25) is 0 Å². The highest BCUT2D eigenvalue weighted by Crippen LogP contribution is 2.32. The van der Waals surface area contributed by atoms with Gasteiger partial charge < -0.3 is 4.57 Å². The number of fused-ring (bicyclic) bond motifs is 3. The zero-order valence-electron chi connectivity index (χ0n) is 22.0. The second kappa shape index (κ2) is 9.58. The first-order chi connectivity index (χ1) is 19.3. The molecule has 0 radical (unpaired) electrons. The molecule has 39 heavy (non-hydrogen) atoms. The van der Waals surface area contributed by atoms with Crippen LogP contribution in [-0.2, 0) is 0 Å². The molecular weight excluding hydrogens is 487 g/mol. The highest BCUT2D eigenvalue weighted by Gasteiger charge is 2.41. The molecule has 0 aliphatic heterocycles. The Bertz CT molecular complexity index is 1790. The fraction of sp³-hybridized carbons (Fsp3) is 0.0270. The maximum Gasteiger partial charge on any atom is 0.179 e. The van der Waals surface area contributed by atoms with Crippen LogP contribution >= 0.6 is 0 Å². The molecule has 7 aromatic rings. The maximum absolute atomic E-state index is 2.60. The molecule has 0 bridgehead atoms. The van der Waals surface area contributed by atoms with E-state index in [4.69, 9.17) is 0 Å². The molecule has 0 atom stereocenters. The van der Waals surface area contributed by atoms with E-state index in [1.807, 2.05) is 0 Å². The summed E-state index contributed by atoms with van der Waals surface area (Å²) < 4.78 is 2.41. The quantitative estimate of drug-likeness (QED) is 0.183. The molecule has 1 nitrogen and oxygen atoms in total. The number of benzene rings is 6. The number of aryl methyl sites for hydroxylation is 1. The summed E-state index contributed by atoms with van der Waals surface area (Å²) in [5.74, 6) is 0. The van der Waals surface area contributed by atoms with Crippen LogP contribution in [0.1, 0.15) is 5.56 Å². The van der Waals surface area contributed by atoms with E-state index in [0.717, 1.165) is 0 Å². The fourth-order valence-corrected chi connectivity index (χ4v) is 11.1. The van der Waals surface area contributed by atoms with Gasteiger partial charge in [-0.1, -0.05) is 133 Å². The molecular formula is C37H29NSi. The molecule has 0 amide bonds. The average Bonchev–Trinajstić information content (AvgIpc) is 3.33. The molecule has 0 aliphatic rings. The normalized spacial score (nSPS) is 11.7. The van der Waals surface area contributed by atoms with Crippen molar-refractivity contribution in [3.8, 4) is 5.69 Å². The molecule has 0 aliphatic carbocycles. The Morgan fingerprint density at radius 2 is 0.846 bits per heavy atom. The lowest BCUT2D eigenvalue weighted by Crippen LogP contribution is -2.74. The van der Waals surface area contributed by atoms with Crippen molar-refractivity contribution in [3.63, 3.8) is 0 Å². The van der Waals surface area contributed by atoms with Crippen LogP contribution in [0.3, 0.4) is 0 Å². The van der Waals surface area contributed by atoms with Crippen LogP contribution in [0.15, 0.2) is 158 Å². The van der Waals surface area contributed by atoms with E-state index in [9.17, 15) is 0 Å². The molecule has 0 saturated carbocycles. The summed E-state index contributed by atoms with van der Waals surface area (Å²) in [6.45, 7) is 2.19. The second-order valence-corrected chi connectivity index (χ2v) is 14.1. The van der Waals surface area contributed by atoms with Gasteiger partial charge in [0.1, 0.15) is 0 Å². The van der Waals surface area contributed by atoms with Gasteiger partial charge in [-0.05, 0) is 58.0 Å². The van der Waals surface area contributed by atoms with Gasteiger partial charge in [-0.2, -0.15) is 0 Å². The summed E-state index contributed by atoms with van der Waals surface area (Å²) in [7, 11) is -2.60. The second-order valence-electron chi connectivity index (χ2n) is 10.3. The van der Waals surface area contributed by atoms with Gasteiger partial charge >= 0.3 is 0 Å². The molecule has 7 rings (SSSR count). The topological polar surface area (TPSA) is 4.93 Å². The molecule has 0 spiro atoms. The van der Waals surface area contributed by atoms with Crippen molar-refractivity contribution in [1.29, 1.82) is 0 Å². The van der Waals surface area contributed by atoms with Gasteiger partial charge in [0.2, 0.25) is 0 Å². The zero-order valence-corrected chi connectivity index (χ0v) is 23.0. The van der Waals surface area contributed by atoms with Crippen molar-refractivity contribution in [3.05, 3.63) is 163 Å². The number of rotatable bonds is 5. The van der Waals surface area contributed by atoms with Gasteiger partial charge in [-0.3, -0.25) is 0 Å². The van der Waals surface area contributed by atoms with Gasteiger partial charge in [0.15, 0.2) is 8.07 Å². The van der Waals surface area contributed by atoms with Crippen LogP contribution in [-0.4, -0.2) is 12.6 Å². The maximum atomic E-state index is 2.50. The highest BCUT2D eigenvalue weighted by molar-refractivity contribution is 7.20. The van der Waals surface area contributed by atoms with Gasteiger partial charge in [-0.15, -0.1) is 0 Å². The number of para-hydroxylation sites is 1. The van der Waals surface area contributed by atoms with E-state index in [1.54, 1.807) is 0 Å². The number of hydrogen-bond acceptors (Lipinski definition) is 0. The molecule has 0 fully saturated rings. The molecule has 2 heteroatoms. The van der Waals surface area contributed by atoms with Crippen LogP contribution < -0.4 is 20.7 Å². The minimum absolute atomic E-state index is 1.19. The molecule has 186 valence electrons. The van der Waals surface area contributed by atoms with E-state index in [1.165, 1.54) is 53.8 Å². The number of hydrogen-bond donors (Lipinski definition) is 0. The van der Waals surface area contributed by atoms with Crippen molar-refractivity contribution in [2.45, 2.75) is 6.92 Å². The van der Waals surface area contributed by atoms with E-state index < -0.39 is 8.07 Å². The third-order valence-corrected chi connectivity index (χ3v) is 12.8. The Hall–Kier alpha value is -4.66. The Morgan fingerprint density at radius 1 is 0.410 bits per heavy atom. The molecule has 0 N–H and O–H groups in total. The third-order valence-electron chi connectivity index (χ3n) is 7.99. The Morgan fingerprint density at radius 3 is 1.36 bits per heavy atom. The molecule has 1 heterocycles. The van der Waals surface area contributed by atoms with Crippen LogP contribution in [0.5, 0.6) is 0 Å². The average molecular weight is 516 g/mol. The number of nitrogens with zero attached hydrogens (tertiary/aromatic N) is 1. The van der Waals surface area contributed by atoms with Gasteiger partial charge in [-0.25, -0.2) is 0 Å². The summed E-state index contributed by atoms with van der Waals surface area (Å²) in [6, 6.07) is 58.2. The molecule has 6 aromatic carbocycles. The standard InChI is InChI=1S/C37H29NSi/c1-28-22-24-36-34(26-28)35-27-33(23-25-37(35)38(36)29-14-6-2-7-15-29)39(30-16-8-3-9-17-30,31-18-10-4-11-19-31)32-20-12-5-13-21-32/h2-27H,1H3. The Balaban J connectivity index is 1.62. The fourth-order valence-electron chi connectivity index (χ4n) is 6.29. The van der Waals surface area contributed by atoms with E-state index in [0.29, 0.717) is 0 Å². The third kappa shape index (κ3) is 3.76. The molecule has 1 aromatic heterocycles. The first kappa shape index (κ1) is 23.5.